The number of carbonyl (C=O) groups is 10. The molecule has 3 aromatic carbocycles. The van der Waals surface area contributed by atoms with Gasteiger partial charge in [-0.1, -0.05) is 58.0 Å². The number of nitrogens with one attached hydrogen (secondary N) is 7. The van der Waals surface area contributed by atoms with Gasteiger partial charge in [0.1, 0.15) is 84.0 Å². The third kappa shape index (κ3) is 19.0. The topological polar surface area (TPSA) is 412 Å². The zero-order valence-electron chi connectivity index (χ0n) is 49.6. The van der Waals surface area contributed by atoms with Gasteiger partial charge in [-0.2, -0.15) is 0 Å². The summed E-state index contributed by atoms with van der Waals surface area (Å²) in [7, 11) is 1.21. The number of nitrogens with zero attached hydrogens (tertiary/aromatic N) is 2. The number of fused-ring (bicyclic) bond motifs is 2. The number of piperidine rings is 1. The van der Waals surface area contributed by atoms with Crippen molar-refractivity contribution in [1.29, 1.82) is 0 Å². The highest BCUT2D eigenvalue weighted by Gasteiger charge is 2.47. The van der Waals surface area contributed by atoms with E-state index in [0.717, 1.165) is 10.5 Å². The first kappa shape index (κ1) is 69.8. The normalized spacial score (nSPS) is 23.5. The molecule has 2 unspecified atom stereocenters. The first-order valence-corrected chi connectivity index (χ1v) is 29.3. The molecule has 9 amide bonds. The summed E-state index contributed by atoms with van der Waals surface area (Å²) in [4.78, 5) is 145. The molecule has 5 rings (SSSR count). The summed E-state index contributed by atoms with van der Waals surface area (Å²) in [5.74, 6) is -12.1. The minimum absolute atomic E-state index is 0.0139. The van der Waals surface area contributed by atoms with Crippen LogP contribution in [0.2, 0.25) is 0 Å². The third-order valence-electron chi connectivity index (χ3n) is 15.1. The number of phenols is 3. The Morgan fingerprint density at radius 2 is 1.32 bits per heavy atom. The highest BCUT2D eigenvalue weighted by atomic mass is 79.9. The molecule has 2 heterocycles. The van der Waals surface area contributed by atoms with Crippen LogP contribution in [-0.4, -0.2) is 197 Å². The molecule has 2 fully saturated rings. The molecule has 2 aliphatic heterocycles. The number of aryl methyl sites for hydroxylation is 1. The van der Waals surface area contributed by atoms with Crippen molar-refractivity contribution in [3.05, 3.63) is 87.9 Å². The summed E-state index contributed by atoms with van der Waals surface area (Å²) in [6.45, 7) is 8.92. The number of halogens is 1. The first-order chi connectivity index (χ1) is 40.9. The molecule has 0 aliphatic carbocycles. The van der Waals surface area contributed by atoms with E-state index in [0.29, 0.717) is 28.9 Å². The standard InChI is InChI=1S/C59H80BrN9O18/c1-28(2)46(65-50(77)30(5)61-51(78)39(62-54(81)44(75)27-70)11-9-10-33-12-17-36(72)18-13-33)55(82)67-48-32(7)87-59(86)47(29(3)4)66-53(80)42(26-35-16-22-43(74)38(60)24-35)68(8)58(85)49(31(6)71)69-45(76)23-21-40(57(69)84)63-52(79)41(64-56(48)83)25-34-14-19-37(73)20-15-34/h12-20,22,24,28-32,39-42,44-49,70-76H,9-11,21,23,25-27H2,1-8H3,(H,61,78)(H,62,81)(H,63,79)(H,64,83)(H,65,77)(H,66,80)(H,67,82)/t30-,31-,32+,39-,40-,41-,42-,44+,45+,46+,47-,48?,49?/m0/s1. The molecule has 0 saturated carbocycles. The molecule has 3 aromatic rings. The van der Waals surface area contributed by atoms with E-state index < -0.39 is 156 Å². The van der Waals surface area contributed by atoms with Gasteiger partial charge in [-0.15, -0.1) is 0 Å². The lowest BCUT2D eigenvalue weighted by Gasteiger charge is -2.43. The maximum absolute atomic E-state index is 15.0. The molecule has 476 valence electrons. The van der Waals surface area contributed by atoms with Gasteiger partial charge < -0.3 is 87.5 Å². The second-order valence-corrected chi connectivity index (χ2v) is 23.4. The number of aliphatic hydroxyl groups is 4. The van der Waals surface area contributed by atoms with Gasteiger partial charge in [-0.25, -0.2) is 4.79 Å². The van der Waals surface area contributed by atoms with Gasteiger partial charge >= 0.3 is 5.97 Å². The van der Waals surface area contributed by atoms with Crippen LogP contribution in [0.25, 0.3) is 0 Å². The molecule has 2 aliphatic rings. The maximum Gasteiger partial charge on any atom is 0.329 e. The molecule has 0 aromatic heterocycles. The van der Waals surface area contributed by atoms with Crippen LogP contribution in [0, 0.1) is 11.8 Å². The van der Waals surface area contributed by atoms with E-state index in [-0.39, 0.29) is 53.8 Å². The quantitative estimate of drug-likeness (QED) is 0.0598. The second-order valence-electron chi connectivity index (χ2n) is 22.6. The minimum Gasteiger partial charge on any atom is -0.508 e. The highest BCUT2D eigenvalue weighted by molar-refractivity contribution is 9.10. The lowest BCUT2D eigenvalue weighted by Crippen LogP contribution is -2.67. The van der Waals surface area contributed by atoms with Crippen molar-refractivity contribution in [3.63, 3.8) is 0 Å². The van der Waals surface area contributed by atoms with Crippen LogP contribution in [0.1, 0.15) is 90.8 Å². The summed E-state index contributed by atoms with van der Waals surface area (Å²) in [5, 5.41) is 89.9. The van der Waals surface area contributed by atoms with E-state index in [1.54, 1.807) is 26.0 Å². The van der Waals surface area contributed by atoms with E-state index in [2.05, 4.69) is 53.1 Å². The van der Waals surface area contributed by atoms with E-state index in [1.807, 2.05) is 0 Å². The van der Waals surface area contributed by atoms with Crippen molar-refractivity contribution in [2.24, 2.45) is 11.8 Å². The molecule has 0 radical (unpaired) electrons. The fraction of sp³-hybridized carbons (Fsp3) is 0.525. The van der Waals surface area contributed by atoms with Gasteiger partial charge in [0.2, 0.25) is 47.3 Å². The molecular weight excluding hydrogens is 1200 g/mol. The fourth-order valence-electron chi connectivity index (χ4n) is 9.89. The summed E-state index contributed by atoms with van der Waals surface area (Å²) in [6.07, 6.45) is -7.36. The number of phenolic OH excluding ortho intramolecular Hbond substituents is 3. The van der Waals surface area contributed by atoms with E-state index in [9.17, 15) is 83.7 Å². The summed E-state index contributed by atoms with van der Waals surface area (Å²) in [6, 6.07) is 1.72. The van der Waals surface area contributed by atoms with Crippen molar-refractivity contribution in [1.82, 2.24) is 47.0 Å². The van der Waals surface area contributed by atoms with Gasteiger partial charge in [0.15, 0.2) is 6.10 Å². The first-order valence-electron chi connectivity index (χ1n) is 28.5. The van der Waals surface area contributed by atoms with Crippen molar-refractivity contribution in [2.75, 3.05) is 13.7 Å². The van der Waals surface area contributed by atoms with Crippen LogP contribution in [0.5, 0.6) is 17.2 Å². The Labute approximate surface area is 511 Å². The maximum atomic E-state index is 15.0. The number of esters is 1. The van der Waals surface area contributed by atoms with Crippen LogP contribution in [0.3, 0.4) is 0 Å². The predicted octanol–water partition coefficient (Wildman–Crippen LogP) is -1.08. The summed E-state index contributed by atoms with van der Waals surface area (Å²) >= 11 is 3.25. The number of aromatic hydroxyl groups is 3. The summed E-state index contributed by atoms with van der Waals surface area (Å²) < 4.78 is 6.15. The molecule has 2 bridgehead atoms. The number of cyclic esters (lactones) is 1. The predicted molar refractivity (Wildman–Crippen MR) is 314 cm³/mol. The number of benzene rings is 3. The number of carbonyl (C=O) groups excluding carboxylic acids is 10. The van der Waals surface area contributed by atoms with Gasteiger partial charge in [0, 0.05) is 19.9 Å². The number of likely N-dealkylation sites (N-methyl/N-ethyl adjacent to an activating group) is 1. The Kier molecular flexibility index (Phi) is 25.4. The number of ether oxygens (including phenoxy) is 1. The zero-order valence-corrected chi connectivity index (χ0v) is 51.1. The smallest absolute Gasteiger partial charge is 0.329 e. The van der Waals surface area contributed by atoms with Gasteiger partial charge in [-0.05, 0) is 134 Å². The molecule has 2 saturated heterocycles. The van der Waals surface area contributed by atoms with Crippen LogP contribution < -0.4 is 37.2 Å². The van der Waals surface area contributed by atoms with E-state index >= 15 is 0 Å². The monoisotopic (exact) mass is 1280 g/mol. The van der Waals surface area contributed by atoms with Crippen molar-refractivity contribution >= 4 is 75.1 Å². The zero-order chi connectivity index (χ0) is 64.7. The number of rotatable bonds is 20. The Morgan fingerprint density at radius 1 is 0.713 bits per heavy atom. The lowest BCUT2D eigenvalue weighted by molar-refractivity contribution is -0.170. The Hall–Kier alpha value is -7.92. The fourth-order valence-corrected chi connectivity index (χ4v) is 10.3. The van der Waals surface area contributed by atoms with Gasteiger partial charge in [0.25, 0.3) is 5.91 Å². The Morgan fingerprint density at radius 3 is 1.90 bits per heavy atom. The highest BCUT2D eigenvalue weighted by Crippen LogP contribution is 2.28. The Bertz CT molecular complexity index is 2950. The van der Waals surface area contributed by atoms with Crippen LogP contribution in [0.15, 0.2) is 71.2 Å². The van der Waals surface area contributed by atoms with Gasteiger partial charge in [0.05, 0.1) is 17.2 Å². The van der Waals surface area contributed by atoms with E-state index in [1.165, 1.54) is 96.3 Å². The molecule has 27 nitrogen and oxygen atoms in total. The van der Waals surface area contributed by atoms with Crippen molar-refractivity contribution < 1.29 is 88.4 Å². The molecule has 28 heteroatoms. The van der Waals surface area contributed by atoms with Crippen LogP contribution >= 0.6 is 15.9 Å². The third-order valence-corrected chi connectivity index (χ3v) is 15.7. The lowest BCUT2D eigenvalue weighted by atomic mass is 9.96. The largest absolute Gasteiger partial charge is 0.508 e. The number of hydrogen-bond donors (Lipinski definition) is 14. The van der Waals surface area contributed by atoms with E-state index in [4.69, 9.17) is 4.74 Å². The number of aliphatic hydroxyl groups excluding tert-OH is 4. The minimum atomic E-state index is -1.93. The SMILES string of the molecule is CC(C)[C@@H]1NC(=O)[C@H](Cc2ccc(O)c(Br)c2)N(C)C(=O)C([C@H](C)O)N2C(=O)[C@H](CC[C@H]2O)NC(=O)[C@H](Cc2ccc(O)cc2)NC(=O)C(NC(=O)[C@H](NC(=O)[C@H](C)NC(=O)[C@H](CCCc2ccc(O)cc2)NC(=O)[C@H](O)CO)C(C)C)[C@@H](C)OC1=O. The molecule has 87 heavy (non-hydrogen) atoms. The molecule has 0 spiro atoms. The number of hydrogen-bond acceptors (Lipinski definition) is 18. The molecule has 14 N–H and O–H groups in total. The average Bonchev–Trinajstić information content (AvgIpc) is 1.46. The van der Waals surface area contributed by atoms with Crippen LogP contribution in [0.4, 0.5) is 0 Å². The van der Waals surface area contributed by atoms with Crippen LogP contribution in [-0.2, 0) is 71.9 Å². The van der Waals surface area contributed by atoms with Gasteiger partial charge in [-0.3, -0.25) is 43.2 Å². The summed E-state index contributed by atoms with van der Waals surface area (Å²) in [5.41, 5.74) is 1.53. The van der Waals surface area contributed by atoms with Crippen molar-refractivity contribution in [2.45, 2.75) is 172 Å². The molecule has 13 atom stereocenters. The molecular formula is C59H80BrN9O18. The average molecular weight is 1280 g/mol. The second kappa shape index (κ2) is 31.6. The number of amides is 9. The Balaban J connectivity index is 1.52. The van der Waals surface area contributed by atoms with Crippen molar-refractivity contribution in [3.8, 4) is 17.2 Å².